The highest BCUT2D eigenvalue weighted by Crippen LogP contribution is 2.27. The molecule has 1 aliphatic rings. The second-order valence-electron chi connectivity index (χ2n) is 6.87. The minimum atomic E-state index is -3.36. The third-order valence-electron chi connectivity index (χ3n) is 4.47. The molecule has 0 bridgehead atoms. The van der Waals surface area contributed by atoms with Crippen molar-refractivity contribution < 1.29 is 22.7 Å². The van der Waals surface area contributed by atoms with Gasteiger partial charge in [0.25, 0.3) is 0 Å². The Labute approximate surface area is 161 Å². The van der Waals surface area contributed by atoms with Crippen LogP contribution in [0.4, 0.5) is 0 Å². The number of nitrogens with one attached hydrogen (secondary N) is 2. The highest BCUT2D eigenvalue weighted by atomic mass is 32.2. The van der Waals surface area contributed by atoms with Crippen LogP contribution in [0.5, 0.6) is 5.75 Å². The fraction of sp³-hybridized carbons (Fsp3) is 0.632. The molecule has 0 radical (unpaired) electrons. The number of carbonyl (C=O) groups excluding carboxylic acids is 1. The predicted octanol–water partition coefficient (Wildman–Crippen LogP) is 1.69. The van der Waals surface area contributed by atoms with E-state index in [1.54, 1.807) is 0 Å². The zero-order valence-corrected chi connectivity index (χ0v) is 16.8. The van der Waals surface area contributed by atoms with Gasteiger partial charge in [-0.05, 0) is 37.8 Å². The summed E-state index contributed by atoms with van der Waals surface area (Å²) in [6.07, 6.45) is 3.59. The Kier molecular flexibility index (Phi) is 8.53. The van der Waals surface area contributed by atoms with Gasteiger partial charge in [-0.1, -0.05) is 25.1 Å². The van der Waals surface area contributed by atoms with Crippen LogP contribution in [0.3, 0.4) is 0 Å². The average molecular weight is 399 g/mol. The molecule has 152 valence electrons. The number of hydrogen-bond acceptors (Lipinski definition) is 5. The zero-order chi connectivity index (χ0) is 19.7. The SMILES string of the molecule is CCCOC1CCC(C(=O)NCCOc2ccccc2)CC1NS(C)(=O)=O. The molecule has 2 rings (SSSR count). The van der Waals surface area contributed by atoms with E-state index >= 15 is 0 Å². The molecular weight excluding hydrogens is 368 g/mol. The van der Waals surface area contributed by atoms with Gasteiger partial charge in [-0.15, -0.1) is 0 Å². The molecule has 1 amide bonds. The van der Waals surface area contributed by atoms with Crippen LogP contribution in [-0.2, 0) is 19.6 Å². The molecule has 1 aromatic carbocycles. The number of rotatable bonds is 10. The van der Waals surface area contributed by atoms with Gasteiger partial charge in [0.1, 0.15) is 12.4 Å². The van der Waals surface area contributed by atoms with E-state index in [1.165, 1.54) is 0 Å². The Morgan fingerprint density at radius 1 is 1.19 bits per heavy atom. The maximum absolute atomic E-state index is 12.5. The van der Waals surface area contributed by atoms with Crippen LogP contribution >= 0.6 is 0 Å². The standard InChI is InChI=1S/C19H30N2O5S/c1-3-12-26-18-10-9-15(14-17(18)21-27(2,23)24)19(22)20-11-13-25-16-7-5-4-6-8-16/h4-8,15,17-18,21H,3,9-14H2,1-2H3,(H,20,22). The van der Waals surface area contributed by atoms with Crippen LogP contribution in [0.25, 0.3) is 0 Å². The summed E-state index contributed by atoms with van der Waals surface area (Å²) in [6.45, 7) is 3.38. The van der Waals surface area contributed by atoms with Crippen molar-refractivity contribution in [3.8, 4) is 5.75 Å². The van der Waals surface area contributed by atoms with Gasteiger partial charge in [0.05, 0.1) is 18.9 Å². The molecule has 2 N–H and O–H groups in total. The second-order valence-corrected chi connectivity index (χ2v) is 8.65. The van der Waals surface area contributed by atoms with Crippen molar-refractivity contribution in [3.63, 3.8) is 0 Å². The number of sulfonamides is 1. The maximum atomic E-state index is 12.5. The molecule has 0 heterocycles. The Morgan fingerprint density at radius 3 is 2.59 bits per heavy atom. The summed E-state index contributed by atoms with van der Waals surface area (Å²) in [5, 5.41) is 2.88. The fourth-order valence-electron chi connectivity index (χ4n) is 3.25. The van der Waals surface area contributed by atoms with Crippen LogP contribution < -0.4 is 14.8 Å². The minimum Gasteiger partial charge on any atom is -0.492 e. The molecule has 0 spiro atoms. The van der Waals surface area contributed by atoms with Crippen molar-refractivity contribution in [1.29, 1.82) is 0 Å². The first-order valence-corrected chi connectivity index (χ1v) is 11.3. The van der Waals surface area contributed by atoms with Gasteiger partial charge in [-0.2, -0.15) is 0 Å². The van der Waals surface area contributed by atoms with Gasteiger partial charge in [0.2, 0.25) is 15.9 Å². The minimum absolute atomic E-state index is 0.0686. The predicted molar refractivity (Wildman–Crippen MR) is 104 cm³/mol. The van der Waals surface area contributed by atoms with Crippen LogP contribution in [0.2, 0.25) is 0 Å². The number of hydrogen-bond donors (Lipinski definition) is 2. The molecule has 1 aromatic rings. The highest BCUT2D eigenvalue weighted by molar-refractivity contribution is 7.88. The van der Waals surface area contributed by atoms with E-state index in [0.717, 1.165) is 18.4 Å². The summed E-state index contributed by atoms with van der Waals surface area (Å²) < 4.78 is 37.3. The Bertz CT molecular complexity index is 681. The van der Waals surface area contributed by atoms with Crippen molar-refractivity contribution in [2.45, 2.75) is 44.8 Å². The smallest absolute Gasteiger partial charge is 0.223 e. The molecule has 27 heavy (non-hydrogen) atoms. The van der Waals surface area contributed by atoms with E-state index in [0.29, 0.717) is 39.0 Å². The number of para-hydroxylation sites is 1. The van der Waals surface area contributed by atoms with E-state index < -0.39 is 10.0 Å². The summed E-state index contributed by atoms with van der Waals surface area (Å²) in [5.41, 5.74) is 0. The van der Waals surface area contributed by atoms with Gasteiger partial charge in [-0.3, -0.25) is 4.79 Å². The molecule has 0 saturated heterocycles. The lowest BCUT2D eigenvalue weighted by molar-refractivity contribution is -0.127. The molecule has 1 fully saturated rings. The van der Waals surface area contributed by atoms with E-state index in [-0.39, 0.29) is 24.0 Å². The molecule has 1 aliphatic carbocycles. The Balaban J connectivity index is 1.81. The first-order valence-electron chi connectivity index (χ1n) is 9.43. The quantitative estimate of drug-likeness (QED) is 0.585. The summed E-state index contributed by atoms with van der Waals surface area (Å²) in [7, 11) is -3.36. The topological polar surface area (TPSA) is 93.7 Å². The van der Waals surface area contributed by atoms with Crippen molar-refractivity contribution in [2.24, 2.45) is 5.92 Å². The summed E-state index contributed by atoms with van der Waals surface area (Å²) in [4.78, 5) is 12.5. The molecule has 0 aliphatic heterocycles. The number of carbonyl (C=O) groups is 1. The van der Waals surface area contributed by atoms with E-state index in [9.17, 15) is 13.2 Å². The van der Waals surface area contributed by atoms with E-state index in [1.807, 2.05) is 37.3 Å². The maximum Gasteiger partial charge on any atom is 0.223 e. The average Bonchev–Trinajstić information content (AvgIpc) is 2.63. The van der Waals surface area contributed by atoms with Crippen molar-refractivity contribution >= 4 is 15.9 Å². The van der Waals surface area contributed by atoms with Crippen molar-refractivity contribution in [1.82, 2.24) is 10.0 Å². The van der Waals surface area contributed by atoms with Gasteiger partial charge in [-0.25, -0.2) is 13.1 Å². The van der Waals surface area contributed by atoms with Crippen molar-refractivity contribution in [3.05, 3.63) is 30.3 Å². The first-order chi connectivity index (χ1) is 12.9. The largest absolute Gasteiger partial charge is 0.492 e. The van der Waals surface area contributed by atoms with Gasteiger partial charge in [0.15, 0.2) is 0 Å². The Hall–Kier alpha value is -1.64. The third-order valence-corrected chi connectivity index (χ3v) is 5.20. The van der Waals surface area contributed by atoms with Crippen LogP contribution in [0.15, 0.2) is 30.3 Å². The summed E-state index contributed by atoms with van der Waals surface area (Å²) >= 11 is 0. The normalized spacial score (nSPS) is 23.0. The second kappa shape index (κ2) is 10.6. The molecule has 0 aromatic heterocycles. The fourth-order valence-corrected chi connectivity index (χ4v) is 4.05. The van der Waals surface area contributed by atoms with Crippen molar-refractivity contribution in [2.75, 3.05) is 26.0 Å². The van der Waals surface area contributed by atoms with E-state index in [2.05, 4.69) is 10.0 Å². The van der Waals surface area contributed by atoms with Gasteiger partial charge >= 0.3 is 0 Å². The van der Waals surface area contributed by atoms with Crippen LogP contribution in [0, 0.1) is 5.92 Å². The Morgan fingerprint density at radius 2 is 1.93 bits per heavy atom. The lowest BCUT2D eigenvalue weighted by atomic mass is 9.83. The monoisotopic (exact) mass is 398 g/mol. The first kappa shape index (κ1) is 21.7. The third kappa shape index (κ3) is 7.86. The number of ether oxygens (including phenoxy) is 2. The van der Waals surface area contributed by atoms with Crippen LogP contribution in [0.1, 0.15) is 32.6 Å². The lowest BCUT2D eigenvalue weighted by Crippen LogP contribution is -2.50. The van der Waals surface area contributed by atoms with Gasteiger partial charge in [0, 0.05) is 18.6 Å². The number of benzene rings is 1. The molecular formula is C19H30N2O5S. The molecule has 1 saturated carbocycles. The van der Waals surface area contributed by atoms with Gasteiger partial charge < -0.3 is 14.8 Å². The zero-order valence-electron chi connectivity index (χ0n) is 16.0. The lowest BCUT2D eigenvalue weighted by Gasteiger charge is -2.35. The molecule has 3 atom stereocenters. The summed E-state index contributed by atoms with van der Waals surface area (Å²) in [6, 6.07) is 9.04. The molecule has 7 nitrogen and oxygen atoms in total. The summed E-state index contributed by atoms with van der Waals surface area (Å²) in [5.74, 6) is 0.459. The molecule has 3 unspecified atom stereocenters. The van der Waals surface area contributed by atoms with E-state index in [4.69, 9.17) is 9.47 Å². The highest BCUT2D eigenvalue weighted by Gasteiger charge is 2.35. The number of amides is 1. The van der Waals surface area contributed by atoms with Crippen LogP contribution in [-0.4, -0.2) is 52.5 Å². The molecule has 8 heteroatoms.